The van der Waals surface area contributed by atoms with Gasteiger partial charge in [0.15, 0.2) is 0 Å². The van der Waals surface area contributed by atoms with E-state index in [1.807, 2.05) is 74.5 Å². The van der Waals surface area contributed by atoms with Crippen molar-refractivity contribution in [1.29, 1.82) is 0 Å². The lowest BCUT2D eigenvalue weighted by Gasteiger charge is -2.30. The molecule has 0 saturated carbocycles. The summed E-state index contributed by atoms with van der Waals surface area (Å²) in [6, 6.07) is 16.8. The fraction of sp³-hybridized carbons (Fsp3) is 0.400. The number of nitrogens with one attached hydrogen (secondary N) is 2. The number of ether oxygens (including phenoxy) is 1. The van der Waals surface area contributed by atoms with E-state index in [-0.39, 0.29) is 24.5 Å². The molecule has 1 fully saturated rings. The Morgan fingerprint density at radius 1 is 1.03 bits per heavy atom. The summed E-state index contributed by atoms with van der Waals surface area (Å²) in [5, 5.41) is 5.54. The Hall–Kier alpha value is -3.78. The van der Waals surface area contributed by atoms with Gasteiger partial charge in [-0.15, -0.1) is 0 Å². The number of aldehydes is 1. The molecule has 1 heterocycles. The van der Waals surface area contributed by atoms with Gasteiger partial charge >= 0.3 is 0 Å². The van der Waals surface area contributed by atoms with E-state index in [2.05, 4.69) is 10.6 Å². The van der Waals surface area contributed by atoms with Crippen LogP contribution in [0.3, 0.4) is 0 Å². The van der Waals surface area contributed by atoms with Crippen molar-refractivity contribution in [2.24, 2.45) is 5.92 Å². The molecule has 0 bridgehead atoms. The third-order valence-electron chi connectivity index (χ3n) is 6.57. The maximum absolute atomic E-state index is 13.7. The minimum atomic E-state index is -0.834. The molecule has 2 aromatic carbocycles. The Morgan fingerprint density at radius 2 is 1.68 bits per heavy atom. The molecule has 8 heteroatoms. The fourth-order valence-corrected chi connectivity index (χ4v) is 4.34. The third kappa shape index (κ3) is 8.11. The van der Waals surface area contributed by atoms with E-state index >= 15 is 0 Å². The predicted octanol–water partition coefficient (Wildman–Crippen LogP) is 3.12. The second-order valence-corrected chi connectivity index (χ2v) is 9.79. The van der Waals surface area contributed by atoms with E-state index in [0.717, 1.165) is 11.1 Å². The maximum Gasteiger partial charge on any atom is 0.246 e. The number of nitrogens with zero attached hydrogens (tertiary/aromatic N) is 1. The van der Waals surface area contributed by atoms with Crippen LogP contribution < -0.4 is 10.6 Å². The first-order valence-corrected chi connectivity index (χ1v) is 13.1. The summed E-state index contributed by atoms with van der Waals surface area (Å²) in [5.41, 5.74) is 1.85. The van der Waals surface area contributed by atoms with Gasteiger partial charge in [0.05, 0.1) is 18.8 Å². The number of likely N-dealkylation sites (tertiary alicyclic amines) is 1. The Morgan fingerprint density at radius 3 is 2.29 bits per heavy atom. The zero-order chi connectivity index (χ0) is 27.5. The lowest BCUT2D eigenvalue weighted by atomic mass is 10.0. The molecule has 2 aromatic rings. The van der Waals surface area contributed by atoms with Crippen molar-refractivity contribution in [3.63, 3.8) is 0 Å². The van der Waals surface area contributed by atoms with E-state index in [4.69, 9.17) is 4.74 Å². The summed E-state index contributed by atoms with van der Waals surface area (Å²) >= 11 is 0. The summed E-state index contributed by atoms with van der Waals surface area (Å²) < 4.78 is 6.07. The second kappa shape index (κ2) is 14.2. The van der Waals surface area contributed by atoms with Crippen molar-refractivity contribution >= 4 is 30.1 Å². The molecular weight excluding hydrogens is 482 g/mol. The average molecular weight is 520 g/mol. The van der Waals surface area contributed by atoms with E-state index in [9.17, 15) is 19.2 Å². The van der Waals surface area contributed by atoms with Gasteiger partial charge in [-0.3, -0.25) is 14.4 Å². The molecule has 38 heavy (non-hydrogen) atoms. The minimum absolute atomic E-state index is 0.209. The van der Waals surface area contributed by atoms with Crippen LogP contribution in [0.25, 0.3) is 6.08 Å². The molecular formula is C30H37N3O5. The van der Waals surface area contributed by atoms with Crippen LogP contribution >= 0.6 is 0 Å². The summed E-state index contributed by atoms with van der Waals surface area (Å²) in [6.45, 7) is 6.05. The van der Waals surface area contributed by atoms with Gasteiger partial charge < -0.3 is 25.1 Å². The van der Waals surface area contributed by atoms with E-state index in [1.165, 1.54) is 11.0 Å². The van der Waals surface area contributed by atoms with Crippen molar-refractivity contribution < 1.29 is 23.9 Å². The summed E-state index contributed by atoms with van der Waals surface area (Å²) in [7, 11) is 0. The quantitative estimate of drug-likeness (QED) is 0.331. The fourth-order valence-electron chi connectivity index (χ4n) is 4.34. The number of hydrogen-bond acceptors (Lipinski definition) is 5. The highest BCUT2D eigenvalue weighted by molar-refractivity contribution is 5.97. The van der Waals surface area contributed by atoms with Crippen LogP contribution in [0, 0.1) is 5.92 Å². The standard InChI is InChI=1S/C30H37N3O5/c1-4-24(19-34)31-29(36)26-17-25(38-20-23-13-9-6-10-14-23)18-33(26)30(37)28(21(2)3)32-27(35)16-15-22-11-7-5-8-12-22/h5-16,19,21,24-26,28H,4,17-18,20H2,1-3H3,(H,31,36)(H,32,35)/b16-15+/t24-,25+,26-,28-/m0/s1. The minimum Gasteiger partial charge on any atom is -0.372 e. The molecule has 1 aliphatic heterocycles. The highest BCUT2D eigenvalue weighted by Crippen LogP contribution is 2.24. The van der Waals surface area contributed by atoms with Crippen LogP contribution in [0.5, 0.6) is 0 Å². The maximum atomic E-state index is 13.7. The topological polar surface area (TPSA) is 105 Å². The normalized spacial score (nSPS) is 18.8. The zero-order valence-electron chi connectivity index (χ0n) is 22.2. The van der Waals surface area contributed by atoms with Crippen molar-refractivity contribution in [3.05, 3.63) is 77.9 Å². The van der Waals surface area contributed by atoms with Crippen LogP contribution in [0.15, 0.2) is 66.7 Å². The molecule has 4 atom stereocenters. The highest BCUT2D eigenvalue weighted by atomic mass is 16.5. The van der Waals surface area contributed by atoms with Crippen molar-refractivity contribution in [2.45, 2.75) is 64.4 Å². The van der Waals surface area contributed by atoms with Gasteiger partial charge in [0.25, 0.3) is 0 Å². The molecule has 1 aliphatic rings. The Bertz CT molecular complexity index is 1100. The smallest absolute Gasteiger partial charge is 0.246 e. The van der Waals surface area contributed by atoms with Crippen molar-refractivity contribution in [1.82, 2.24) is 15.5 Å². The van der Waals surface area contributed by atoms with Gasteiger partial charge in [-0.05, 0) is 29.5 Å². The van der Waals surface area contributed by atoms with Crippen LogP contribution in [0.1, 0.15) is 44.7 Å². The van der Waals surface area contributed by atoms with Crippen molar-refractivity contribution in [2.75, 3.05) is 6.54 Å². The van der Waals surface area contributed by atoms with Gasteiger partial charge in [-0.25, -0.2) is 0 Å². The van der Waals surface area contributed by atoms with E-state index in [0.29, 0.717) is 25.7 Å². The predicted molar refractivity (Wildman–Crippen MR) is 146 cm³/mol. The molecule has 8 nitrogen and oxygen atoms in total. The zero-order valence-corrected chi connectivity index (χ0v) is 22.2. The Balaban J connectivity index is 1.74. The Kier molecular flexibility index (Phi) is 10.8. The van der Waals surface area contributed by atoms with Crippen LogP contribution in [-0.4, -0.2) is 59.7 Å². The van der Waals surface area contributed by atoms with Crippen LogP contribution in [0.4, 0.5) is 0 Å². The number of amides is 3. The number of carbonyl (C=O) groups is 4. The van der Waals surface area contributed by atoms with Crippen LogP contribution in [-0.2, 0) is 30.5 Å². The lowest BCUT2D eigenvalue weighted by molar-refractivity contribution is -0.142. The first-order valence-electron chi connectivity index (χ1n) is 13.1. The SMILES string of the molecule is CC[C@@H](C=O)NC(=O)[C@@H]1C[C@@H](OCc2ccccc2)CN1C(=O)[C@@H](NC(=O)/C=C/c1ccccc1)C(C)C. The van der Waals surface area contributed by atoms with E-state index < -0.39 is 29.9 Å². The van der Waals surface area contributed by atoms with Gasteiger partial charge in [0.2, 0.25) is 17.7 Å². The van der Waals surface area contributed by atoms with Crippen LogP contribution in [0.2, 0.25) is 0 Å². The second-order valence-electron chi connectivity index (χ2n) is 9.79. The average Bonchev–Trinajstić information content (AvgIpc) is 3.37. The summed E-state index contributed by atoms with van der Waals surface area (Å²) in [5.74, 6) is -1.37. The third-order valence-corrected chi connectivity index (χ3v) is 6.57. The van der Waals surface area contributed by atoms with Crippen molar-refractivity contribution in [3.8, 4) is 0 Å². The van der Waals surface area contributed by atoms with Gasteiger partial charge in [-0.1, -0.05) is 81.4 Å². The van der Waals surface area contributed by atoms with Gasteiger partial charge in [-0.2, -0.15) is 0 Å². The Labute approximate surface area is 224 Å². The summed E-state index contributed by atoms with van der Waals surface area (Å²) in [4.78, 5) is 52.4. The first kappa shape index (κ1) is 28.8. The number of hydrogen-bond donors (Lipinski definition) is 2. The molecule has 0 unspecified atom stereocenters. The molecule has 0 radical (unpaired) electrons. The molecule has 1 saturated heterocycles. The lowest BCUT2D eigenvalue weighted by Crippen LogP contribution is -2.56. The number of carbonyl (C=O) groups excluding carboxylic acids is 4. The van der Waals surface area contributed by atoms with Gasteiger partial charge in [0.1, 0.15) is 18.4 Å². The first-order chi connectivity index (χ1) is 18.3. The molecule has 2 N–H and O–H groups in total. The number of rotatable bonds is 12. The molecule has 0 aliphatic carbocycles. The largest absolute Gasteiger partial charge is 0.372 e. The molecule has 202 valence electrons. The molecule has 0 aromatic heterocycles. The number of benzene rings is 2. The highest BCUT2D eigenvalue weighted by Gasteiger charge is 2.43. The molecule has 3 rings (SSSR count). The summed E-state index contributed by atoms with van der Waals surface area (Å²) in [6.07, 6.45) is 4.15. The monoisotopic (exact) mass is 519 g/mol. The molecule has 3 amide bonds. The van der Waals surface area contributed by atoms with E-state index in [1.54, 1.807) is 13.0 Å². The van der Waals surface area contributed by atoms with Gasteiger partial charge in [0, 0.05) is 19.0 Å². The molecule has 0 spiro atoms.